The maximum absolute atomic E-state index is 14.0. The van der Waals surface area contributed by atoms with E-state index in [1.54, 1.807) is 29.3 Å². The predicted octanol–water partition coefficient (Wildman–Crippen LogP) is 2.18. The van der Waals surface area contributed by atoms with Gasteiger partial charge in [0, 0.05) is 62.3 Å². The van der Waals surface area contributed by atoms with Crippen molar-refractivity contribution in [2.75, 3.05) is 37.6 Å². The van der Waals surface area contributed by atoms with E-state index in [4.69, 9.17) is 0 Å². The summed E-state index contributed by atoms with van der Waals surface area (Å²) in [5, 5.41) is 4.30. The summed E-state index contributed by atoms with van der Waals surface area (Å²) >= 11 is 0. The van der Waals surface area contributed by atoms with Crippen LogP contribution in [-0.4, -0.2) is 63.2 Å². The van der Waals surface area contributed by atoms with Crippen LogP contribution in [0.25, 0.3) is 5.95 Å². The van der Waals surface area contributed by atoms with Gasteiger partial charge in [-0.15, -0.1) is 0 Å². The molecule has 1 saturated heterocycles. The van der Waals surface area contributed by atoms with Crippen LogP contribution < -0.4 is 4.90 Å². The SMILES string of the molecule is Cc1c(CC(=O)CN2CCN(c3cc(F)ccc3F)CC2)cnn1-c1ncccn1. The van der Waals surface area contributed by atoms with Gasteiger partial charge in [0.2, 0.25) is 0 Å². The highest BCUT2D eigenvalue weighted by atomic mass is 19.1. The first kappa shape index (κ1) is 20.1. The van der Waals surface area contributed by atoms with E-state index in [9.17, 15) is 13.6 Å². The number of aromatic nitrogens is 4. The van der Waals surface area contributed by atoms with E-state index in [0.29, 0.717) is 38.7 Å². The van der Waals surface area contributed by atoms with Crippen molar-refractivity contribution < 1.29 is 13.6 Å². The molecule has 3 aromatic rings. The monoisotopic (exact) mass is 412 g/mol. The summed E-state index contributed by atoms with van der Waals surface area (Å²) in [5.41, 5.74) is 1.95. The fourth-order valence-corrected chi connectivity index (χ4v) is 3.61. The van der Waals surface area contributed by atoms with E-state index in [-0.39, 0.29) is 17.9 Å². The molecule has 0 bridgehead atoms. The number of rotatable bonds is 6. The number of ketones is 1. The Morgan fingerprint density at radius 3 is 2.57 bits per heavy atom. The van der Waals surface area contributed by atoms with Crippen LogP contribution in [0.5, 0.6) is 0 Å². The van der Waals surface area contributed by atoms with Gasteiger partial charge in [-0.1, -0.05) is 0 Å². The molecule has 0 amide bonds. The van der Waals surface area contributed by atoms with Gasteiger partial charge in [0.15, 0.2) is 5.78 Å². The van der Waals surface area contributed by atoms with E-state index in [1.807, 2.05) is 16.7 Å². The minimum absolute atomic E-state index is 0.0806. The number of hydrogen-bond acceptors (Lipinski definition) is 6. The molecule has 30 heavy (non-hydrogen) atoms. The molecular weight excluding hydrogens is 390 g/mol. The summed E-state index contributed by atoms with van der Waals surface area (Å²) < 4.78 is 29.0. The Morgan fingerprint density at radius 1 is 1.10 bits per heavy atom. The largest absolute Gasteiger partial charge is 0.367 e. The highest BCUT2D eigenvalue weighted by Crippen LogP contribution is 2.22. The van der Waals surface area contributed by atoms with Gasteiger partial charge in [0.25, 0.3) is 5.95 Å². The first-order chi connectivity index (χ1) is 14.5. The van der Waals surface area contributed by atoms with Crippen molar-refractivity contribution in [1.82, 2.24) is 24.6 Å². The molecule has 1 fully saturated rings. The lowest BCUT2D eigenvalue weighted by atomic mass is 10.1. The summed E-state index contributed by atoms with van der Waals surface area (Å²) in [4.78, 5) is 24.8. The molecule has 1 aliphatic heterocycles. The average Bonchev–Trinajstić information content (AvgIpc) is 3.11. The van der Waals surface area contributed by atoms with Crippen molar-refractivity contribution in [2.45, 2.75) is 13.3 Å². The first-order valence-electron chi connectivity index (χ1n) is 9.76. The molecule has 4 rings (SSSR count). The van der Waals surface area contributed by atoms with E-state index < -0.39 is 11.6 Å². The van der Waals surface area contributed by atoms with Crippen LogP contribution in [0.15, 0.2) is 42.9 Å². The Labute approximate surface area is 173 Å². The molecule has 156 valence electrons. The molecule has 9 heteroatoms. The first-order valence-corrected chi connectivity index (χ1v) is 9.76. The van der Waals surface area contributed by atoms with Crippen molar-refractivity contribution in [2.24, 2.45) is 0 Å². The lowest BCUT2D eigenvalue weighted by Gasteiger charge is -2.35. The number of Topliss-reactive ketones (excluding diaryl/α,β-unsaturated/α-hetero) is 1. The van der Waals surface area contributed by atoms with Crippen molar-refractivity contribution in [3.8, 4) is 5.95 Å². The number of hydrogen-bond donors (Lipinski definition) is 0. The van der Waals surface area contributed by atoms with E-state index in [0.717, 1.165) is 23.4 Å². The van der Waals surface area contributed by atoms with Crippen LogP contribution in [0, 0.1) is 18.6 Å². The van der Waals surface area contributed by atoms with Gasteiger partial charge in [0.05, 0.1) is 18.4 Å². The molecule has 3 heterocycles. The third kappa shape index (κ3) is 4.35. The normalized spacial score (nSPS) is 14.8. The number of carbonyl (C=O) groups excluding carboxylic acids is 1. The molecule has 0 atom stereocenters. The molecule has 0 unspecified atom stereocenters. The molecule has 0 aliphatic carbocycles. The molecule has 0 spiro atoms. The second-order valence-electron chi connectivity index (χ2n) is 7.29. The van der Waals surface area contributed by atoms with Crippen molar-refractivity contribution in [1.29, 1.82) is 0 Å². The Morgan fingerprint density at radius 2 is 1.83 bits per heavy atom. The van der Waals surface area contributed by atoms with Crippen LogP contribution in [0.4, 0.5) is 14.5 Å². The van der Waals surface area contributed by atoms with Crippen LogP contribution in [0.1, 0.15) is 11.3 Å². The molecule has 1 aliphatic rings. The van der Waals surface area contributed by atoms with E-state index in [2.05, 4.69) is 15.1 Å². The summed E-state index contributed by atoms with van der Waals surface area (Å²) in [6.07, 6.45) is 5.24. The third-order valence-electron chi connectivity index (χ3n) is 5.26. The van der Waals surface area contributed by atoms with Gasteiger partial charge in [-0.2, -0.15) is 5.10 Å². The summed E-state index contributed by atoms with van der Waals surface area (Å²) in [5.74, 6) is -0.344. The van der Waals surface area contributed by atoms with Gasteiger partial charge >= 0.3 is 0 Å². The molecule has 1 aromatic carbocycles. The highest BCUT2D eigenvalue weighted by molar-refractivity contribution is 5.83. The molecule has 0 radical (unpaired) electrons. The Hall–Kier alpha value is -3.20. The smallest absolute Gasteiger partial charge is 0.250 e. The fraction of sp³-hybridized carbons (Fsp3) is 0.333. The zero-order valence-corrected chi connectivity index (χ0v) is 16.6. The lowest BCUT2D eigenvalue weighted by molar-refractivity contribution is -0.119. The molecule has 7 nitrogen and oxygen atoms in total. The molecule has 0 N–H and O–H groups in total. The minimum atomic E-state index is -0.458. The number of piperazine rings is 1. The van der Waals surface area contributed by atoms with Crippen LogP contribution >= 0.6 is 0 Å². The highest BCUT2D eigenvalue weighted by Gasteiger charge is 2.22. The van der Waals surface area contributed by atoms with E-state index in [1.165, 1.54) is 6.07 Å². The third-order valence-corrected chi connectivity index (χ3v) is 5.26. The van der Waals surface area contributed by atoms with Gasteiger partial charge < -0.3 is 4.90 Å². The lowest BCUT2D eigenvalue weighted by Crippen LogP contribution is -2.48. The van der Waals surface area contributed by atoms with Crippen molar-refractivity contribution >= 4 is 11.5 Å². The van der Waals surface area contributed by atoms with Crippen LogP contribution in [0.3, 0.4) is 0 Å². The van der Waals surface area contributed by atoms with Crippen molar-refractivity contribution in [3.63, 3.8) is 0 Å². The Kier molecular flexibility index (Phi) is 5.80. The zero-order valence-electron chi connectivity index (χ0n) is 16.6. The van der Waals surface area contributed by atoms with Crippen LogP contribution in [-0.2, 0) is 11.2 Å². The minimum Gasteiger partial charge on any atom is -0.367 e. The number of benzene rings is 1. The summed E-state index contributed by atoms with van der Waals surface area (Å²) in [6, 6.07) is 5.20. The average molecular weight is 412 g/mol. The van der Waals surface area contributed by atoms with Crippen molar-refractivity contribution in [3.05, 3.63) is 65.7 Å². The van der Waals surface area contributed by atoms with Gasteiger partial charge in [-0.05, 0) is 25.1 Å². The van der Waals surface area contributed by atoms with Gasteiger partial charge in [0.1, 0.15) is 11.6 Å². The Balaban J connectivity index is 1.33. The topological polar surface area (TPSA) is 67.2 Å². The standard InChI is InChI=1S/C21H22F2N6O/c1-15-16(13-26-29(15)21-24-5-2-6-25-21)11-18(30)14-27-7-9-28(10-8-27)20-12-17(22)3-4-19(20)23/h2-6,12-13H,7-11,14H2,1H3. The quantitative estimate of drug-likeness (QED) is 0.618. The Bertz CT molecular complexity index is 1030. The second kappa shape index (κ2) is 8.66. The summed E-state index contributed by atoms with van der Waals surface area (Å²) in [7, 11) is 0. The van der Waals surface area contributed by atoms with E-state index >= 15 is 0 Å². The van der Waals surface area contributed by atoms with Crippen LogP contribution in [0.2, 0.25) is 0 Å². The second-order valence-corrected chi connectivity index (χ2v) is 7.29. The maximum Gasteiger partial charge on any atom is 0.250 e. The number of nitrogens with zero attached hydrogens (tertiary/aromatic N) is 6. The molecule has 2 aromatic heterocycles. The predicted molar refractivity (Wildman–Crippen MR) is 108 cm³/mol. The molecule has 0 saturated carbocycles. The maximum atomic E-state index is 14.0. The number of carbonyl (C=O) groups is 1. The fourth-order valence-electron chi connectivity index (χ4n) is 3.61. The van der Waals surface area contributed by atoms with Gasteiger partial charge in [-0.3, -0.25) is 9.69 Å². The summed E-state index contributed by atoms with van der Waals surface area (Å²) in [6.45, 7) is 4.49. The van der Waals surface area contributed by atoms with Gasteiger partial charge in [-0.25, -0.2) is 23.4 Å². The zero-order chi connectivity index (χ0) is 21.1. The number of anilines is 1. The number of halogens is 2. The molecular formula is C21H22F2N6O.